The number of hydrogen-bond acceptors (Lipinski definition) is 5. The van der Waals surface area contributed by atoms with Crippen LogP contribution in [-0.2, 0) is 44.2 Å². The molecule has 0 bridgehead atoms. The van der Waals surface area contributed by atoms with Crippen LogP contribution in [0.3, 0.4) is 0 Å². The summed E-state index contributed by atoms with van der Waals surface area (Å²) in [5.74, 6) is 6.26. The van der Waals surface area contributed by atoms with Crippen LogP contribution < -0.4 is 4.90 Å². The zero-order valence-electron chi connectivity index (χ0n) is 33.1. The minimum atomic E-state index is -0.192. The molecule has 0 fully saturated rings. The molecule has 2 aliphatic rings. The molecule has 0 spiro atoms. The molecule has 1 aromatic heterocycles. The lowest BCUT2D eigenvalue weighted by Gasteiger charge is -2.36. The molecule has 3 heterocycles. The molecule has 1 atom stereocenters. The minimum absolute atomic E-state index is 0.0195. The summed E-state index contributed by atoms with van der Waals surface area (Å²) < 4.78 is 1.99. The summed E-state index contributed by atoms with van der Waals surface area (Å²) in [4.78, 5) is 50.1. The van der Waals surface area contributed by atoms with Gasteiger partial charge in [0.05, 0.1) is 18.5 Å². The van der Waals surface area contributed by atoms with Gasteiger partial charge in [-0.1, -0.05) is 48.2 Å². The van der Waals surface area contributed by atoms with Gasteiger partial charge in [-0.2, -0.15) is 0 Å². The summed E-state index contributed by atoms with van der Waals surface area (Å²) in [6.07, 6.45) is 1.68. The Bertz CT molecular complexity index is 2380. The predicted molar refractivity (Wildman–Crippen MR) is 221 cm³/mol. The van der Waals surface area contributed by atoms with Gasteiger partial charge in [0, 0.05) is 73.5 Å². The van der Waals surface area contributed by atoms with Crippen molar-refractivity contribution in [1.29, 1.82) is 0 Å². The average Bonchev–Trinajstić information content (AvgIpc) is 3.49. The number of aromatic hydroxyl groups is 1. The third kappa shape index (κ3) is 7.84. The fourth-order valence-corrected chi connectivity index (χ4v) is 7.81. The number of carbonyl (C=O) groups is 3. The Kier molecular flexibility index (Phi) is 10.9. The quantitative estimate of drug-likeness (QED) is 0.190. The molecule has 0 saturated carbocycles. The SMILES string of the molecule is Cc1c(C(=O)N(C)c2ccc(O)cc2)cc(-c2cc3c(cc2C(=O)N2Cc4ccccc4C[C@H]2C)CN(C(=O)Cc2cccc(C#CCN(C)C)c2)CC3)n1C. The van der Waals surface area contributed by atoms with E-state index in [0.29, 0.717) is 49.4 Å². The first-order valence-electron chi connectivity index (χ1n) is 19.2. The molecule has 5 aromatic rings. The van der Waals surface area contributed by atoms with E-state index in [0.717, 1.165) is 51.2 Å². The van der Waals surface area contributed by atoms with E-state index < -0.39 is 0 Å². The first kappa shape index (κ1) is 38.2. The lowest BCUT2D eigenvalue weighted by Crippen LogP contribution is -2.43. The number of phenols is 1. The van der Waals surface area contributed by atoms with Crippen molar-refractivity contribution in [1.82, 2.24) is 19.3 Å². The van der Waals surface area contributed by atoms with Crippen molar-refractivity contribution in [3.8, 4) is 28.8 Å². The van der Waals surface area contributed by atoms with Gasteiger partial charge in [-0.3, -0.25) is 19.3 Å². The van der Waals surface area contributed by atoms with Crippen LogP contribution in [0.5, 0.6) is 5.75 Å². The summed E-state index contributed by atoms with van der Waals surface area (Å²) in [7, 11) is 7.61. The van der Waals surface area contributed by atoms with Crippen molar-refractivity contribution in [3.63, 3.8) is 0 Å². The first-order valence-corrected chi connectivity index (χ1v) is 19.2. The highest BCUT2D eigenvalue weighted by atomic mass is 16.3. The summed E-state index contributed by atoms with van der Waals surface area (Å²) >= 11 is 0. The maximum atomic E-state index is 14.9. The van der Waals surface area contributed by atoms with Crippen LogP contribution in [0.1, 0.15) is 66.7 Å². The van der Waals surface area contributed by atoms with E-state index in [4.69, 9.17) is 0 Å². The van der Waals surface area contributed by atoms with Gasteiger partial charge < -0.3 is 24.4 Å². The second-order valence-electron chi connectivity index (χ2n) is 15.4. The normalized spacial score (nSPS) is 14.8. The zero-order chi connectivity index (χ0) is 39.7. The Balaban J connectivity index is 1.22. The number of amides is 3. The maximum absolute atomic E-state index is 14.9. The van der Waals surface area contributed by atoms with Crippen LogP contribution in [0.2, 0.25) is 0 Å². The van der Waals surface area contributed by atoms with Crippen LogP contribution >= 0.6 is 0 Å². The van der Waals surface area contributed by atoms with Crippen LogP contribution in [0, 0.1) is 18.8 Å². The predicted octanol–water partition coefficient (Wildman–Crippen LogP) is 6.61. The molecule has 286 valence electrons. The number of nitrogens with zero attached hydrogens (tertiary/aromatic N) is 5. The fourth-order valence-electron chi connectivity index (χ4n) is 7.81. The zero-order valence-corrected chi connectivity index (χ0v) is 33.1. The number of rotatable bonds is 7. The second-order valence-corrected chi connectivity index (χ2v) is 15.4. The molecule has 4 aromatic carbocycles. The largest absolute Gasteiger partial charge is 0.508 e. The molecule has 1 N–H and O–H groups in total. The first-order chi connectivity index (χ1) is 26.9. The molecular formula is C47H49N5O4. The maximum Gasteiger partial charge on any atom is 0.259 e. The van der Waals surface area contributed by atoms with Crippen molar-refractivity contribution < 1.29 is 19.5 Å². The molecule has 2 aliphatic heterocycles. The highest BCUT2D eigenvalue weighted by molar-refractivity contribution is 6.08. The summed E-state index contributed by atoms with van der Waals surface area (Å²) in [5.41, 5.74) is 10.3. The van der Waals surface area contributed by atoms with E-state index in [1.807, 2.05) is 95.9 Å². The number of phenolic OH excluding ortho intramolecular Hbond substituents is 1. The lowest BCUT2D eigenvalue weighted by atomic mass is 9.89. The molecule has 0 unspecified atom stereocenters. The number of benzene rings is 4. The Labute approximate surface area is 329 Å². The van der Waals surface area contributed by atoms with Gasteiger partial charge in [-0.15, -0.1) is 0 Å². The summed E-state index contributed by atoms with van der Waals surface area (Å²) in [5, 5.41) is 9.80. The van der Waals surface area contributed by atoms with Gasteiger partial charge in [-0.25, -0.2) is 0 Å². The van der Waals surface area contributed by atoms with E-state index in [-0.39, 0.29) is 35.9 Å². The average molecular weight is 748 g/mol. The third-order valence-corrected chi connectivity index (χ3v) is 11.2. The highest BCUT2D eigenvalue weighted by Crippen LogP contribution is 2.36. The molecule has 0 aliphatic carbocycles. The molecular weight excluding hydrogens is 699 g/mol. The van der Waals surface area contributed by atoms with Crippen LogP contribution in [0.15, 0.2) is 91.0 Å². The van der Waals surface area contributed by atoms with E-state index >= 15 is 0 Å². The second kappa shape index (κ2) is 15.9. The van der Waals surface area contributed by atoms with Gasteiger partial charge in [0.2, 0.25) is 5.91 Å². The standard InChI is InChI=1S/C47H49N5O4/c1-31-23-35-14-7-8-15-37(35)30-52(31)47(56)43-27-38-29-51(45(54)25-34-12-9-11-33(24-34)13-10-21-48(3)4)22-20-36(38)26-42(43)44-28-41(32(2)49(44)5)46(55)50(6)39-16-18-40(53)19-17-39/h7-9,11-12,14-19,24,26-28,31,53H,20-23,25,29-30H2,1-6H3/t31-/m1/s1. The van der Waals surface area contributed by atoms with Crippen molar-refractivity contribution >= 4 is 23.4 Å². The topological polar surface area (TPSA) is 89.3 Å². The number of anilines is 1. The Morgan fingerprint density at radius 3 is 2.34 bits per heavy atom. The van der Waals surface area contributed by atoms with Crippen molar-refractivity contribution in [3.05, 3.63) is 141 Å². The van der Waals surface area contributed by atoms with Gasteiger partial charge >= 0.3 is 0 Å². The van der Waals surface area contributed by atoms with E-state index in [1.54, 1.807) is 36.2 Å². The van der Waals surface area contributed by atoms with Gasteiger partial charge in [0.15, 0.2) is 0 Å². The molecule has 3 amide bonds. The Morgan fingerprint density at radius 2 is 1.59 bits per heavy atom. The minimum Gasteiger partial charge on any atom is -0.508 e. The van der Waals surface area contributed by atoms with Crippen molar-refractivity contribution in [2.45, 2.75) is 52.2 Å². The van der Waals surface area contributed by atoms with Gasteiger partial charge in [-0.05, 0) is 123 Å². The molecule has 0 saturated heterocycles. The number of aromatic nitrogens is 1. The van der Waals surface area contributed by atoms with E-state index in [1.165, 1.54) is 5.56 Å². The lowest BCUT2D eigenvalue weighted by molar-refractivity contribution is -0.131. The summed E-state index contributed by atoms with van der Waals surface area (Å²) in [6, 6.07) is 28.7. The van der Waals surface area contributed by atoms with E-state index in [9.17, 15) is 19.5 Å². The smallest absolute Gasteiger partial charge is 0.259 e. The van der Waals surface area contributed by atoms with Crippen molar-refractivity contribution in [2.75, 3.05) is 39.1 Å². The summed E-state index contributed by atoms with van der Waals surface area (Å²) in [6.45, 7) is 6.15. The molecule has 9 nitrogen and oxygen atoms in total. The van der Waals surface area contributed by atoms with Gasteiger partial charge in [0.25, 0.3) is 11.8 Å². The molecule has 56 heavy (non-hydrogen) atoms. The third-order valence-electron chi connectivity index (χ3n) is 11.2. The van der Waals surface area contributed by atoms with Crippen LogP contribution in [-0.4, -0.2) is 82.4 Å². The highest BCUT2D eigenvalue weighted by Gasteiger charge is 2.32. The number of carbonyl (C=O) groups excluding carboxylic acids is 3. The number of hydrogen-bond donors (Lipinski definition) is 1. The Morgan fingerprint density at radius 1 is 0.839 bits per heavy atom. The van der Waals surface area contributed by atoms with E-state index in [2.05, 4.69) is 37.0 Å². The number of fused-ring (bicyclic) bond motifs is 2. The Hall–Kier alpha value is -6.11. The molecule has 7 rings (SSSR count). The fraction of sp³-hybridized carbons (Fsp3) is 0.298. The molecule has 9 heteroatoms. The van der Waals surface area contributed by atoms with Crippen molar-refractivity contribution in [2.24, 2.45) is 7.05 Å². The monoisotopic (exact) mass is 747 g/mol. The van der Waals surface area contributed by atoms with Gasteiger partial charge in [0.1, 0.15) is 5.75 Å². The van der Waals surface area contributed by atoms with Crippen LogP contribution in [0.25, 0.3) is 11.3 Å². The van der Waals surface area contributed by atoms with Crippen LogP contribution in [0.4, 0.5) is 5.69 Å². The molecule has 0 radical (unpaired) electrons.